The van der Waals surface area contributed by atoms with Gasteiger partial charge in [-0.05, 0) is 35.7 Å². The van der Waals surface area contributed by atoms with Crippen LogP contribution in [-0.4, -0.2) is 38.7 Å². The highest BCUT2D eigenvalue weighted by molar-refractivity contribution is 6.31. The molecule has 2 heterocycles. The number of aromatic amines is 1. The van der Waals surface area contributed by atoms with Crippen LogP contribution in [0.5, 0.6) is 0 Å². The maximum atomic E-state index is 12.7. The lowest BCUT2D eigenvalue weighted by atomic mass is 10.0. The van der Waals surface area contributed by atoms with Gasteiger partial charge in [0.2, 0.25) is 0 Å². The molecule has 1 aliphatic heterocycles. The monoisotopic (exact) mass is 370 g/mol. The molecular formula is C20H19ClN2O3. The van der Waals surface area contributed by atoms with Crippen molar-refractivity contribution < 1.29 is 15.0 Å². The summed E-state index contributed by atoms with van der Waals surface area (Å²) < 4.78 is 0. The van der Waals surface area contributed by atoms with Gasteiger partial charge in [0, 0.05) is 28.2 Å². The van der Waals surface area contributed by atoms with Crippen LogP contribution in [0.4, 0.5) is 0 Å². The molecule has 134 valence electrons. The van der Waals surface area contributed by atoms with Crippen molar-refractivity contribution >= 4 is 28.4 Å². The van der Waals surface area contributed by atoms with Gasteiger partial charge in [-0.25, -0.2) is 0 Å². The summed E-state index contributed by atoms with van der Waals surface area (Å²) in [6, 6.07) is 14.4. The molecule has 26 heavy (non-hydrogen) atoms. The predicted octanol–water partition coefficient (Wildman–Crippen LogP) is 2.80. The standard InChI is InChI=1S/C20H19ClN2O3/c21-13-6-7-16-15(10-13)14-8-9-23(11-17(14)22-16)20(26)19(25)18(24)12-4-2-1-3-5-12/h1-7,10,18-19,22,24-25H,8-9,11H2. The van der Waals surface area contributed by atoms with E-state index in [-0.39, 0.29) is 0 Å². The molecule has 5 nitrogen and oxygen atoms in total. The quantitative estimate of drug-likeness (QED) is 0.663. The van der Waals surface area contributed by atoms with Gasteiger partial charge in [0.15, 0.2) is 6.10 Å². The SMILES string of the molecule is O=C(C(O)C(O)c1ccccc1)N1CCc2c([nH]c3ccc(Cl)cc23)C1. The van der Waals surface area contributed by atoms with Gasteiger partial charge in [0.25, 0.3) is 5.91 Å². The molecule has 4 rings (SSSR count). The Labute approximate surface area is 155 Å². The number of benzene rings is 2. The van der Waals surface area contributed by atoms with Crippen LogP contribution >= 0.6 is 11.6 Å². The molecule has 2 atom stereocenters. The summed E-state index contributed by atoms with van der Waals surface area (Å²) in [5.74, 6) is -0.469. The van der Waals surface area contributed by atoms with Gasteiger partial charge in [-0.3, -0.25) is 4.79 Å². The molecule has 2 aromatic carbocycles. The summed E-state index contributed by atoms with van der Waals surface area (Å²) in [7, 11) is 0. The molecule has 0 bridgehead atoms. The molecule has 0 aliphatic carbocycles. The van der Waals surface area contributed by atoms with E-state index in [1.165, 1.54) is 0 Å². The fourth-order valence-electron chi connectivity index (χ4n) is 3.56. The first kappa shape index (κ1) is 17.1. The van der Waals surface area contributed by atoms with Crippen LogP contribution in [0.25, 0.3) is 10.9 Å². The molecule has 0 fully saturated rings. The third kappa shape index (κ3) is 2.98. The van der Waals surface area contributed by atoms with Gasteiger partial charge < -0.3 is 20.1 Å². The molecule has 0 radical (unpaired) electrons. The van der Waals surface area contributed by atoms with Crippen molar-refractivity contribution in [3.63, 3.8) is 0 Å². The van der Waals surface area contributed by atoms with E-state index in [9.17, 15) is 15.0 Å². The van der Waals surface area contributed by atoms with Gasteiger partial charge in [0.1, 0.15) is 6.10 Å². The summed E-state index contributed by atoms with van der Waals surface area (Å²) in [6.07, 6.45) is -2.06. The van der Waals surface area contributed by atoms with E-state index in [0.717, 1.165) is 22.2 Å². The largest absolute Gasteiger partial charge is 0.385 e. The van der Waals surface area contributed by atoms with Gasteiger partial charge in [0.05, 0.1) is 6.54 Å². The Hall–Kier alpha value is -2.34. The first-order chi connectivity index (χ1) is 12.5. The van der Waals surface area contributed by atoms with E-state index in [0.29, 0.717) is 30.1 Å². The number of carbonyl (C=O) groups is 1. The van der Waals surface area contributed by atoms with Gasteiger partial charge in [-0.2, -0.15) is 0 Å². The van der Waals surface area contributed by atoms with Crippen LogP contribution in [0, 0.1) is 0 Å². The first-order valence-corrected chi connectivity index (χ1v) is 8.91. The Morgan fingerprint density at radius 1 is 1.15 bits per heavy atom. The van der Waals surface area contributed by atoms with Crippen molar-refractivity contribution in [3.8, 4) is 0 Å². The summed E-state index contributed by atoms with van der Waals surface area (Å²) in [5, 5.41) is 22.4. The minimum atomic E-state index is -1.49. The van der Waals surface area contributed by atoms with Crippen LogP contribution in [-0.2, 0) is 17.8 Å². The molecule has 1 amide bonds. The summed E-state index contributed by atoms with van der Waals surface area (Å²) in [5.41, 5.74) is 3.61. The number of carbonyl (C=O) groups excluding carboxylic acids is 1. The van der Waals surface area contributed by atoms with E-state index in [1.807, 2.05) is 24.3 Å². The minimum absolute atomic E-state index is 0.374. The van der Waals surface area contributed by atoms with Crippen molar-refractivity contribution in [1.82, 2.24) is 9.88 Å². The Kier molecular flexibility index (Phi) is 4.44. The summed E-state index contributed by atoms with van der Waals surface area (Å²) in [4.78, 5) is 17.6. The zero-order valence-electron chi connectivity index (χ0n) is 14.0. The maximum Gasteiger partial charge on any atom is 0.254 e. The Bertz CT molecular complexity index is 954. The van der Waals surface area contributed by atoms with Crippen LogP contribution in [0.1, 0.15) is 22.9 Å². The van der Waals surface area contributed by atoms with Crippen LogP contribution in [0.15, 0.2) is 48.5 Å². The molecular weight excluding hydrogens is 352 g/mol. The van der Waals surface area contributed by atoms with Crippen molar-refractivity contribution in [2.24, 2.45) is 0 Å². The van der Waals surface area contributed by atoms with E-state index in [2.05, 4.69) is 4.98 Å². The third-order valence-electron chi connectivity index (χ3n) is 4.94. The van der Waals surface area contributed by atoms with Crippen molar-refractivity contribution in [1.29, 1.82) is 0 Å². The fourth-order valence-corrected chi connectivity index (χ4v) is 3.73. The van der Waals surface area contributed by atoms with Gasteiger partial charge in [-0.1, -0.05) is 41.9 Å². The van der Waals surface area contributed by atoms with Crippen LogP contribution < -0.4 is 0 Å². The average Bonchev–Trinajstić information content (AvgIpc) is 3.04. The molecule has 6 heteroatoms. The lowest BCUT2D eigenvalue weighted by molar-refractivity contribution is -0.147. The van der Waals surface area contributed by atoms with Crippen molar-refractivity contribution in [3.05, 3.63) is 70.4 Å². The number of hydrogen-bond acceptors (Lipinski definition) is 3. The molecule has 0 saturated heterocycles. The number of hydrogen-bond donors (Lipinski definition) is 3. The smallest absolute Gasteiger partial charge is 0.254 e. The van der Waals surface area contributed by atoms with Crippen molar-refractivity contribution in [2.75, 3.05) is 6.54 Å². The zero-order chi connectivity index (χ0) is 18.3. The average molecular weight is 371 g/mol. The van der Waals surface area contributed by atoms with Gasteiger partial charge in [-0.15, -0.1) is 0 Å². The third-order valence-corrected chi connectivity index (χ3v) is 5.18. The predicted molar refractivity (Wildman–Crippen MR) is 99.8 cm³/mol. The van der Waals surface area contributed by atoms with E-state index >= 15 is 0 Å². The Morgan fingerprint density at radius 3 is 2.69 bits per heavy atom. The maximum absolute atomic E-state index is 12.7. The van der Waals surface area contributed by atoms with Crippen LogP contribution in [0.2, 0.25) is 5.02 Å². The summed E-state index contributed by atoms with van der Waals surface area (Å²) in [6.45, 7) is 0.864. The molecule has 1 aromatic heterocycles. The van der Waals surface area contributed by atoms with E-state index in [1.54, 1.807) is 29.2 Å². The summed E-state index contributed by atoms with van der Waals surface area (Å²) >= 11 is 6.09. The second-order valence-electron chi connectivity index (χ2n) is 6.58. The lowest BCUT2D eigenvalue weighted by Crippen LogP contribution is -2.44. The van der Waals surface area contributed by atoms with Gasteiger partial charge >= 0.3 is 0 Å². The molecule has 3 N–H and O–H groups in total. The Balaban J connectivity index is 1.54. The molecule has 3 aromatic rings. The molecule has 2 unspecified atom stereocenters. The number of halogens is 1. The number of nitrogens with one attached hydrogen (secondary N) is 1. The number of aliphatic hydroxyl groups excluding tert-OH is 2. The van der Waals surface area contributed by atoms with E-state index < -0.39 is 18.1 Å². The first-order valence-electron chi connectivity index (χ1n) is 8.53. The number of fused-ring (bicyclic) bond motifs is 3. The molecule has 0 spiro atoms. The molecule has 1 aliphatic rings. The highest BCUT2D eigenvalue weighted by Crippen LogP contribution is 2.30. The van der Waals surface area contributed by atoms with Crippen LogP contribution in [0.3, 0.4) is 0 Å². The number of rotatable bonds is 3. The highest BCUT2D eigenvalue weighted by atomic mass is 35.5. The Morgan fingerprint density at radius 2 is 1.92 bits per heavy atom. The fraction of sp³-hybridized carbons (Fsp3) is 0.250. The van der Waals surface area contributed by atoms with Crippen molar-refractivity contribution in [2.45, 2.75) is 25.2 Å². The number of H-pyrrole nitrogens is 1. The lowest BCUT2D eigenvalue weighted by Gasteiger charge is -2.30. The number of nitrogens with zero attached hydrogens (tertiary/aromatic N) is 1. The minimum Gasteiger partial charge on any atom is -0.385 e. The number of aliphatic hydroxyl groups is 2. The second-order valence-corrected chi connectivity index (χ2v) is 7.02. The highest BCUT2D eigenvalue weighted by Gasteiger charge is 2.32. The number of aromatic nitrogens is 1. The topological polar surface area (TPSA) is 76.6 Å². The number of amides is 1. The van der Waals surface area contributed by atoms with E-state index in [4.69, 9.17) is 11.6 Å². The molecule has 0 saturated carbocycles. The second kappa shape index (κ2) is 6.76. The zero-order valence-corrected chi connectivity index (χ0v) is 14.8. The normalized spacial score (nSPS) is 16.3.